The largest absolute Gasteiger partial charge is 0.466 e. The second-order valence-electron chi connectivity index (χ2n) is 5.54. The Morgan fingerprint density at radius 1 is 1.20 bits per heavy atom. The first-order valence-corrected chi connectivity index (χ1v) is 8.10. The molecule has 0 radical (unpaired) electrons. The van der Waals surface area contributed by atoms with Gasteiger partial charge in [0.1, 0.15) is 0 Å². The topological polar surface area (TPSA) is 44.8 Å². The highest BCUT2D eigenvalue weighted by Gasteiger charge is 2.14. The molecule has 0 N–H and O–H groups in total. The molecule has 1 unspecified atom stereocenters. The summed E-state index contributed by atoms with van der Waals surface area (Å²) in [6, 6.07) is 0. The summed E-state index contributed by atoms with van der Waals surface area (Å²) in [6.07, 6.45) is 7.98. The zero-order valence-corrected chi connectivity index (χ0v) is 13.1. The van der Waals surface area contributed by atoms with Gasteiger partial charge in [0.15, 0.2) is 0 Å². The Kier molecular flexibility index (Phi) is 9.67. The molecule has 1 atom stereocenters. The lowest BCUT2D eigenvalue weighted by Gasteiger charge is -2.22. The third-order valence-corrected chi connectivity index (χ3v) is 3.74. The van der Waals surface area contributed by atoms with Crippen LogP contribution < -0.4 is 0 Å². The number of rotatable bonds is 10. The number of hydrogen-bond acceptors (Lipinski definition) is 4. The van der Waals surface area contributed by atoms with E-state index in [4.69, 9.17) is 14.2 Å². The van der Waals surface area contributed by atoms with Crippen molar-refractivity contribution >= 4 is 5.97 Å². The van der Waals surface area contributed by atoms with Crippen LogP contribution in [0.1, 0.15) is 58.8 Å². The van der Waals surface area contributed by atoms with Crippen LogP contribution in [0.5, 0.6) is 0 Å². The van der Waals surface area contributed by atoms with Crippen molar-refractivity contribution < 1.29 is 19.0 Å². The number of hydrogen-bond donors (Lipinski definition) is 0. The first-order chi connectivity index (χ1) is 9.74. The monoisotopic (exact) mass is 286 g/mol. The molecule has 1 aliphatic heterocycles. The fourth-order valence-electron chi connectivity index (χ4n) is 2.40. The summed E-state index contributed by atoms with van der Waals surface area (Å²) >= 11 is 0. The van der Waals surface area contributed by atoms with E-state index in [0.29, 0.717) is 12.7 Å². The van der Waals surface area contributed by atoms with E-state index in [2.05, 4.69) is 0 Å². The standard InChI is InChI=1S/C16H30O4/c1-3-19-16(17)14(2)8-6-4-5-7-11-20-15-9-12-18-13-10-15/h14-15H,3-13H2,1-2H3. The molecular formula is C16H30O4. The second-order valence-corrected chi connectivity index (χ2v) is 5.54. The summed E-state index contributed by atoms with van der Waals surface area (Å²) in [5.74, 6) is -0.0243. The second kappa shape index (κ2) is 11.1. The predicted molar refractivity (Wildman–Crippen MR) is 78.7 cm³/mol. The van der Waals surface area contributed by atoms with Gasteiger partial charge in [-0.3, -0.25) is 4.79 Å². The summed E-state index contributed by atoms with van der Waals surface area (Å²) in [6.45, 7) is 6.83. The molecule has 1 aliphatic rings. The van der Waals surface area contributed by atoms with E-state index in [-0.39, 0.29) is 11.9 Å². The maximum Gasteiger partial charge on any atom is 0.308 e. The van der Waals surface area contributed by atoms with E-state index >= 15 is 0 Å². The van der Waals surface area contributed by atoms with Crippen molar-refractivity contribution in [1.82, 2.24) is 0 Å². The molecule has 1 heterocycles. The van der Waals surface area contributed by atoms with Gasteiger partial charge in [-0.15, -0.1) is 0 Å². The summed E-state index contributed by atoms with van der Waals surface area (Å²) in [4.78, 5) is 11.4. The van der Waals surface area contributed by atoms with Gasteiger partial charge in [0.25, 0.3) is 0 Å². The average Bonchev–Trinajstić information content (AvgIpc) is 2.47. The van der Waals surface area contributed by atoms with Crippen molar-refractivity contribution in [2.24, 2.45) is 5.92 Å². The molecule has 0 spiro atoms. The van der Waals surface area contributed by atoms with Crippen LogP contribution in [0, 0.1) is 5.92 Å². The molecule has 0 saturated carbocycles. The fraction of sp³-hybridized carbons (Fsp3) is 0.938. The van der Waals surface area contributed by atoms with Crippen molar-refractivity contribution in [3.63, 3.8) is 0 Å². The lowest BCUT2D eigenvalue weighted by atomic mass is 10.0. The van der Waals surface area contributed by atoms with Gasteiger partial charge >= 0.3 is 5.97 Å². The Balaban J connectivity index is 1.88. The molecule has 0 aliphatic carbocycles. The molecule has 0 aromatic carbocycles. The smallest absolute Gasteiger partial charge is 0.308 e. The number of unbranched alkanes of at least 4 members (excludes halogenated alkanes) is 3. The van der Waals surface area contributed by atoms with Gasteiger partial charge in [0, 0.05) is 19.8 Å². The minimum atomic E-state index is -0.0599. The van der Waals surface area contributed by atoms with Crippen molar-refractivity contribution in [1.29, 1.82) is 0 Å². The normalized spacial score (nSPS) is 17.9. The molecule has 1 fully saturated rings. The Morgan fingerprint density at radius 2 is 1.90 bits per heavy atom. The highest BCUT2D eigenvalue weighted by Crippen LogP contribution is 2.14. The first-order valence-electron chi connectivity index (χ1n) is 8.10. The number of ether oxygens (including phenoxy) is 3. The van der Waals surface area contributed by atoms with Crippen LogP contribution in [0.3, 0.4) is 0 Å². The van der Waals surface area contributed by atoms with Crippen LogP contribution in [0.15, 0.2) is 0 Å². The molecule has 0 amide bonds. The van der Waals surface area contributed by atoms with Gasteiger partial charge in [0.05, 0.1) is 18.6 Å². The summed E-state index contributed by atoms with van der Waals surface area (Å²) in [5.41, 5.74) is 0. The maximum absolute atomic E-state index is 11.4. The third-order valence-electron chi connectivity index (χ3n) is 3.74. The van der Waals surface area contributed by atoms with Crippen molar-refractivity contribution in [2.45, 2.75) is 64.9 Å². The number of esters is 1. The van der Waals surface area contributed by atoms with Crippen molar-refractivity contribution in [2.75, 3.05) is 26.4 Å². The van der Waals surface area contributed by atoms with Crippen LogP contribution in [0.2, 0.25) is 0 Å². The Hall–Kier alpha value is -0.610. The first kappa shape index (κ1) is 17.4. The molecule has 0 aromatic heterocycles. The summed E-state index contributed by atoms with van der Waals surface area (Å²) < 4.78 is 16.1. The van der Waals surface area contributed by atoms with Crippen LogP contribution in [-0.4, -0.2) is 38.5 Å². The van der Waals surface area contributed by atoms with E-state index in [1.165, 1.54) is 12.8 Å². The summed E-state index contributed by atoms with van der Waals surface area (Å²) in [7, 11) is 0. The highest BCUT2D eigenvalue weighted by atomic mass is 16.5. The van der Waals surface area contributed by atoms with E-state index < -0.39 is 0 Å². The lowest BCUT2D eigenvalue weighted by Crippen LogP contribution is -2.23. The number of carbonyl (C=O) groups is 1. The Morgan fingerprint density at radius 3 is 2.60 bits per heavy atom. The van der Waals surface area contributed by atoms with Crippen molar-refractivity contribution in [3.05, 3.63) is 0 Å². The predicted octanol–water partition coefficient (Wildman–Crippen LogP) is 3.33. The minimum Gasteiger partial charge on any atom is -0.466 e. The van der Waals surface area contributed by atoms with E-state index in [9.17, 15) is 4.79 Å². The molecular weight excluding hydrogens is 256 g/mol. The van der Waals surface area contributed by atoms with Crippen LogP contribution >= 0.6 is 0 Å². The van der Waals surface area contributed by atoms with Crippen LogP contribution in [0.4, 0.5) is 0 Å². The van der Waals surface area contributed by atoms with E-state index in [1.54, 1.807) is 0 Å². The molecule has 1 rings (SSSR count). The highest BCUT2D eigenvalue weighted by molar-refractivity contribution is 5.71. The SMILES string of the molecule is CCOC(=O)C(C)CCCCCCOC1CCOCC1. The quantitative estimate of drug-likeness (QED) is 0.456. The van der Waals surface area contributed by atoms with Gasteiger partial charge in [-0.25, -0.2) is 0 Å². The van der Waals surface area contributed by atoms with Gasteiger partial charge in [-0.05, 0) is 32.6 Å². The molecule has 4 heteroatoms. The number of carbonyl (C=O) groups excluding carboxylic acids is 1. The Labute approximate surface area is 123 Å². The van der Waals surface area contributed by atoms with Crippen LogP contribution in [0.25, 0.3) is 0 Å². The molecule has 0 aromatic rings. The third kappa shape index (κ3) is 7.85. The molecule has 118 valence electrons. The minimum absolute atomic E-state index is 0.0356. The fourth-order valence-corrected chi connectivity index (χ4v) is 2.40. The van der Waals surface area contributed by atoms with E-state index in [1.807, 2.05) is 13.8 Å². The van der Waals surface area contributed by atoms with Crippen LogP contribution in [-0.2, 0) is 19.0 Å². The summed E-state index contributed by atoms with van der Waals surface area (Å²) in [5, 5.41) is 0. The van der Waals surface area contributed by atoms with Gasteiger partial charge < -0.3 is 14.2 Å². The van der Waals surface area contributed by atoms with Gasteiger partial charge in [0.2, 0.25) is 0 Å². The van der Waals surface area contributed by atoms with E-state index in [0.717, 1.165) is 51.9 Å². The Bertz CT molecular complexity index is 249. The zero-order valence-electron chi connectivity index (χ0n) is 13.1. The molecule has 0 bridgehead atoms. The molecule has 1 saturated heterocycles. The maximum atomic E-state index is 11.4. The average molecular weight is 286 g/mol. The van der Waals surface area contributed by atoms with Gasteiger partial charge in [-0.1, -0.05) is 26.2 Å². The lowest BCUT2D eigenvalue weighted by molar-refractivity contribution is -0.147. The molecule has 4 nitrogen and oxygen atoms in total. The van der Waals surface area contributed by atoms with Crippen molar-refractivity contribution in [3.8, 4) is 0 Å². The van der Waals surface area contributed by atoms with Gasteiger partial charge in [-0.2, -0.15) is 0 Å². The zero-order chi connectivity index (χ0) is 14.6. The molecule has 20 heavy (non-hydrogen) atoms.